The lowest BCUT2D eigenvalue weighted by Crippen LogP contribution is -2.46. The Kier molecular flexibility index (Phi) is 8.36. The molecule has 2 atom stereocenters. The van der Waals surface area contributed by atoms with E-state index in [-0.39, 0.29) is 24.4 Å². The standard InChI is InChI=1S/C30H36N6O3/c1-19(33-2)20-8-10-25-21(15-20)6-7-22-16-23(28(38)34-3)9-11-26(22)30(25,29(32)39)12-13-35-18-27(37)36-14-4-5-24(36)17-31/h8-11,15-16,24,33,35H,1,4-7,12-14,18H2,2-3H3,(H2,32,39)(H,34,38). The number of nitrogens with two attached hydrogens (primary N) is 1. The van der Waals surface area contributed by atoms with Crippen molar-refractivity contribution in [2.45, 2.75) is 43.6 Å². The van der Waals surface area contributed by atoms with Gasteiger partial charge in [0.25, 0.3) is 5.91 Å². The van der Waals surface area contributed by atoms with Crippen LogP contribution in [0.4, 0.5) is 0 Å². The highest BCUT2D eigenvalue weighted by molar-refractivity contribution is 5.96. The molecule has 3 amide bonds. The van der Waals surface area contributed by atoms with Crippen molar-refractivity contribution in [1.82, 2.24) is 20.9 Å². The van der Waals surface area contributed by atoms with Crippen LogP contribution in [-0.2, 0) is 27.8 Å². The predicted octanol–water partition coefficient (Wildman–Crippen LogP) is 1.60. The van der Waals surface area contributed by atoms with Gasteiger partial charge in [-0.3, -0.25) is 14.4 Å². The molecule has 1 fully saturated rings. The molecule has 9 nitrogen and oxygen atoms in total. The van der Waals surface area contributed by atoms with Crippen molar-refractivity contribution < 1.29 is 14.4 Å². The molecule has 0 radical (unpaired) electrons. The highest BCUT2D eigenvalue weighted by Crippen LogP contribution is 2.43. The van der Waals surface area contributed by atoms with Gasteiger partial charge in [0.1, 0.15) is 11.5 Å². The van der Waals surface area contributed by atoms with Crippen molar-refractivity contribution in [2.24, 2.45) is 5.73 Å². The minimum absolute atomic E-state index is 0.0727. The maximum Gasteiger partial charge on any atom is 0.251 e. The molecule has 1 aliphatic carbocycles. The van der Waals surface area contributed by atoms with E-state index < -0.39 is 11.3 Å². The smallest absolute Gasteiger partial charge is 0.251 e. The average molecular weight is 529 g/mol. The first kappa shape index (κ1) is 27.9. The maximum absolute atomic E-state index is 13.5. The number of benzene rings is 2. The summed E-state index contributed by atoms with van der Waals surface area (Å²) in [5.41, 5.74) is 10.8. The Labute approximate surface area is 229 Å². The minimum atomic E-state index is -1.17. The zero-order valence-corrected chi connectivity index (χ0v) is 22.6. The van der Waals surface area contributed by atoms with Crippen molar-refractivity contribution >= 4 is 23.4 Å². The van der Waals surface area contributed by atoms with Gasteiger partial charge in [-0.1, -0.05) is 24.8 Å². The van der Waals surface area contributed by atoms with Gasteiger partial charge in [0.05, 0.1) is 12.6 Å². The number of carbonyl (C=O) groups excluding carboxylic acids is 3. The van der Waals surface area contributed by atoms with Crippen LogP contribution in [0.1, 0.15) is 57.4 Å². The molecule has 1 heterocycles. The number of hydrogen-bond donors (Lipinski definition) is 4. The van der Waals surface area contributed by atoms with E-state index in [1.54, 1.807) is 18.0 Å². The van der Waals surface area contributed by atoms with Gasteiger partial charge in [0, 0.05) is 31.9 Å². The Hall–Kier alpha value is -4.16. The lowest BCUT2D eigenvalue weighted by molar-refractivity contribution is -0.130. The van der Waals surface area contributed by atoms with Crippen LogP contribution >= 0.6 is 0 Å². The molecule has 9 heteroatoms. The van der Waals surface area contributed by atoms with E-state index in [0.29, 0.717) is 44.3 Å². The van der Waals surface area contributed by atoms with E-state index in [4.69, 9.17) is 5.73 Å². The molecular weight excluding hydrogens is 492 g/mol. The number of primary amides is 1. The molecule has 1 aliphatic heterocycles. The van der Waals surface area contributed by atoms with Gasteiger partial charge in [-0.25, -0.2) is 0 Å². The van der Waals surface area contributed by atoms with Gasteiger partial charge in [0.15, 0.2) is 0 Å². The van der Waals surface area contributed by atoms with E-state index in [1.165, 1.54) is 0 Å². The molecular formula is C30H36N6O3. The molecule has 5 N–H and O–H groups in total. The van der Waals surface area contributed by atoms with Crippen molar-refractivity contribution in [3.8, 4) is 6.07 Å². The number of aryl methyl sites for hydroxylation is 2. The fraction of sp³-hybridized carbons (Fsp3) is 0.400. The minimum Gasteiger partial charge on any atom is -0.388 e. The molecule has 39 heavy (non-hydrogen) atoms. The monoisotopic (exact) mass is 528 g/mol. The summed E-state index contributed by atoms with van der Waals surface area (Å²) in [5.74, 6) is -0.814. The van der Waals surface area contributed by atoms with Gasteiger partial charge in [-0.2, -0.15) is 5.26 Å². The number of carbonyl (C=O) groups is 3. The third kappa shape index (κ3) is 5.25. The number of rotatable bonds is 9. The lowest BCUT2D eigenvalue weighted by atomic mass is 9.69. The second kappa shape index (κ2) is 11.7. The molecule has 0 bridgehead atoms. The molecule has 1 saturated heterocycles. The number of nitrogens with zero attached hydrogens (tertiary/aromatic N) is 2. The molecule has 4 rings (SSSR count). The number of hydrogen-bond acceptors (Lipinski definition) is 6. The SMILES string of the molecule is C=C(NC)c1ccc2c(c1)CCc1cc(C(=O)NC)ccc1C2(CCNCC(=O)N1CCCC1C#N)C(N)=O. The van der Waals surface area contributed by atoms with Crippen LogP contribution in [0.3, 0.4) is 0 Å². The normalized spacial score (nSPS) is 19.7. The van der Waals surface area contributed by atoms with Crippen molar-refractivity contribution in [2.75, 3.05) is 33.7 Å². The molecule has 2 aromatic carbocycles. The number of likely N-dealkylation sites (tertiary alicyclic amines) is 1. The Balaban J connectivity index is 1.70. The Morgan fingerprint density at radius 2 is 1.72 bits per heavy atom. The second-order valence-corrected chi connectivity index (χ2v) is 10.1. The van der Waals surface area contributed by atoms with Crippen LogP contribution in [0, 0.1) is 11.3 Å². The summed E-state index contributed by atoms with van der Waals surface area (Å²) in [6, 6.07) is 13.2. The predicted molar refractivity (Wildman–Crippen MR) is 150 cm³/mol. The highest BCUT2D eigenvalue weighted by atomic mass is 16.2. The summed E-state index contributed by atoms with van der Waals surface area (Å²) in [7, 11) is 3.40. The van der Waals surface area contributed by atoms with E-state index in [0.717, 1.165) is 39.9 Å². The first-order valence-electron chi connectivity index (χ1n) is 13.3. The van der Waals surface area contributed by atoms with Gasteiger partial charge in [-0.05, 0) is 84.7 Å². The van der Waals surface area contributed by atoms with Crippen LogP contribution < -0.4 is 21.7 Å². The maximum atomic E-state index is 13.5. The number of amides is 3. The van der Waals surface area contributed by atoms with E-state index in [2.05, 4.69) is 28.6 Å². The average Bonchev–Trinajstić information content (AvgIpc) is 3.39. The topological polar surface area (TPSA) is 140 Å². The number of fused-ring (bicyclic) bond motifs is 2. The van der Waals surface area contributed by atoms with Gasteiger partial charge in [-0.15, -0.1) is 0 Å². The number of nitriles is 1. The summed E-state index contributed by atoms with van der Waals surface area (Å²) in [5, 5.41) is 18.3. The summed E-state index contributed by atoms with van der Waals surface area (Å²) in [6.07, 6.45) is 3.13. The third-order valence-electron chi connectivity index (χ3n) is 8.03. The zero-order chi connectivity index (χ0) is 28.2. The van der Waals surface area contributed by atoms with Gasteiger partial charge < -0.3 is 26.6 Å². The summed E-state index contributed by atoms with van der Waals surface area (Å²) < 4.78 is 0. The third-order valence-corrected chi connectivity index (χ3v) is 8.03. The molecule has 0 saturated carbocycles. The second-order valence-electron chi connectivity index (χ2n) is 10.1. The van der Waals surface area contributed by atoms with E-state index in [1.807, 2.05) is 37.4 Å². The molecule has 0 aromatic heterocycles. The molecule has 0 spiro atoms. The fourth-order valence-corrected chi connectivity index (χ4v) is 5.90. The zero-order valence-electron chi connectivity index (χ0n) is 22.6. The van der Waals surface area contributed by atoms with Crippen LogP contribution in [0.5, 0.6) is 0 Å². The first-order valence-corrected chi connectivity index (χ1v) is 13.3. The van der Waals surface area contributed by atoms with Crippen LogP contribution in [0.15, 0.2) is 43.0 Å². The summed E-state index contributed by atoms with van der Waals surface area (Å²) in [6.45, 7) is 5.08. The quantitative estimate of drug-likeness (QED) is 0.365. The van der Waals surface area contributed by atoms with Crippen molar-refractivity contribution in [3.05, 3.63) is 76.4 Å². The van der Waals surface area contributed by atoms with Crippen LogP contribution in [0.25, 0.3) is 5.70 Å². The van der Waals surface area contributed by atoms with Crippen LogP contribution in [-0.4, -0.2) is 62.4 Å². The van der Waals surface area contributed by atoms with Gasteiger partial charge >= 0.3 is 0 Å². The van der Waals surface area contributed by atoms with Crippen molar-refractivity contribution in [1.29, 1.82) is 5.26 Å². The summed E-state index contributed by atoms with van der Waals surface area (Å²) in [4.78, 5) is 40.3. The first-order chi connectivity index (χ1) is 18.8. The highest BCUT2D eigenvalue weighted by Gasteiger charge is 2.44. The molecule has 2 aromatic rings. The number of nitrogens with one attached hydrogen (secondary N) is 3. The van der Waals surface area contributed by atoms with Crippen LogP contribution in [0.2, 0.25) is 0 Å². The fourth-order valence-electron chi connectivity index (χ4n) is 5.90. The van der Waals surface area contributed by atoms with Gasteiger partial charge in [0.2, 0.25) is 11.8 Å². The molecule has 2 aliphatic rings. The largest absolute Gasteiger partial charge is 0.388 e. The lowest BCUT2D eigenvalue weighted by Gasteiger charge is -2.34. The Morgan fingerprint density at radius 3 is 2.31 bits per heavy atom. The van der Waals surface area contributed by atoms with Crippen molar-refractivity contribution in [3.63, 3.8) is 0 Å². The Bertz CT molecular complexity index is 1280. The molecule has 2 unspecified atom stereocenters. The summed E-state index contributed by atoms with van der Waals surface area (Å²) >= 11 is 0. The molecule has 204 valence electrons. The van der Waals surface area contributed by atoms with E-state index >= 15 is 0 Å². The van der Waals surface area contributed by atoms with E-state index in [9.17, 15) is 19.6 Å². The Morgan fingerprint density at radius 1 is 1.08 bits per heavy atom.